The maximum atomic E-state index is 14.3. The SMILES string of the molecule is C[C@@H](CO)n1cnc2c(-c3cnn(C)c3)nc(N3CCN(c4ccc(F)cc4F)CC3)cc2c1=O. The van der Waals surface area contributed by atoms with Gasteiger partial charge in [0, 0.05) is 51.1 Å². The van der Waals surface area contributed by atoms with Gasteiger partial charge in [-0.15, -0.1) is 0 Å². The summed E-state index contributed by atoms with van der Waals surface area (Å²) < 4.78 is 30.6. The fourth-order valence-electron chi connectivity index (χ4n) is 4.35. The molecule has 0 spiro atoms. The number of fused-ring (bicyclic) bond motifs is 1. The molecule has 1 N–H and O–H groups in total. The van der Waals surface area contributed by atoms with Gasteiger partial charge in [-0.1, -0.05) is 0 Å². The first kappa shape index (κ1) is 22.9. The second-order valence-corrected chi connectivity index (χ2v) is 8.69. The van der Waals surface area contributed by atoms with Crippen molar-refractivity contribution in [2.45, 2.75) is 13.0 Å². The standard InChI is InChI=1S/C24H25F2N7O2/c1-15(13-34)33-14-27-23-18(24(33)35)10-21(29-22(23)16-11-28-30(2)12-16)32-7-5-31(6-8-32)20-4-3-17(25)9-19(20)26/h3-4,9-12,14-15,34H,5-8,13H2,1-2H3/t15-/m0/s1. The number of nitrogens with zero attached hydrogens (tertiary/aromatic N) is 7. The van der Waals surface area contributed by atoms with E-state index in [4.69, 9.17) is 4.98 Å². The first-order chi connectivity index (χ1) is 16.9. The van der Waals surface area contributed by atoms with Crippen LogP contribution in [0.2, 0.25) is 0 Å². The van der Waals surface area contributed by atoms with Gasteiger partial charge in [0.25, 0.3) is 5.56 Å². The number of aromatic nitrogens is 5. The van der Waals surface area contributed by atoms with Crippen LogP contribution >= 0.6 is 0 Å². The van der Waals surface area contributed by atoms with Gasteiger partial charge in [0.2, 0.25) is 0 Å². The lowest BCUT2D eigenvalue weighted by Crippen LogP contribution is -2.47. The van der Waals surface area contributed by atoms with E-state index in [0.29, 0.717) is 54.3 Å². The molecule has 9 nitrogen and oxygen atoms in total. The van der Waals surface area contributed by atoms with Gasteiger partial charge in [-0.05, 0) is 25.1 Å². The van der Waals surface area contributed by atoms with E-state index in [-0.39, 0.29) is 12.2 Å². The van der Waals surface area contributed by atoms with Crippen LogP contribution in [0.4, 0.5) is 20.3 Å². The fraction of sp³-hybridized carbons (Fsp3) is 0.333. The van der Waals surface area contributed by atoms with Crippen LogP contribution in [-0.2, 0) is 7.05 Å². The monoisotopic (exact) mass is 481 g/mol. The van der Waals surface area contributed by atoms with Crippen molar-refractivity contribution < 1.29 is 13.9 Å². The molecule has 1 aliphatic rings. The fourth-order valence-corrected chi connectivity index (χ4v) is 4.35. The molecule has 4 heterocycles. The Hall–Kier alpha value is -3.86. The number of hydrogen-bond acceptors (Lipinski definition) is 7. The van der Waals surface area contributed by atoms with Crippen LogP contribution in [-0.4, -0.2) is 62.2 Å². The Labute approximate surface area is 199 Å². The lowest BCUT2D eigenvalue weighted by Gasteiger charge is -2.37. The number of benzene rings is 1. The zero-order valence-corrected chi connectivity index (χ0v) is 19.4. The van der Waals surface area contributed by atoms with E-state index >= 15 is 0 Å². The summed E-state index contributed by atoms with van der Waals surface area (Å²) in [4.78, 5) is 26.6. The van der Waals surface area contributed by atoms with Crippen LogP contribution in [0.3, 0.4) is 0 Å². The molecule has 5 rings (SSSR count). The van der Waals surface area contributed by atoms with Gasteiger partial charge in [-0.2, -0.15) is 5.10 Å². The van der Waals surface area contributed by atoms with Crippen LogP contribution in [0.1, 0.15) is 13.0 Å². The second-order valence-electron chi connectivity index (χ2n) is 8.69. The molecule has 1 atom stereocenters. The van der Waals surface area contributed by atoms with Crippen molar-refractivity contribution in [1.29, 1.82) is 0 Å². The molecule has 0 saturated carbocycles. The van der Waals surface area contributed by atoms with Crippen molar-refractivity contribution in [2.75, 3.05) is 42.6 Å². The molecule has 1 aliphatic heterocycles. The number of halogens is 2. The summed E-state index contributed by atoms with van der Waals surface area (Å²) in [6.07, 6.45) is 4.91. The summed E-state index contributed by atoms with van der Waals surface area (Å²) in [6, 6.07) is 4.89. The average Bonchev–Trinajstić information content (AvgIpc) is 3.29. The molecular formula is C24H25F2N7O2. The molecule has 1 aromatic carbocycles. The van der Waals surface area contributed by atoms with Gasteiger partial charge < -0.3 is 14.9 Å². The van der Waals surface area contributed by atoms with E-state index in [1.807, 2.05) is 16.0 Å². The Bertz CT molecular complexity index is 1440. The van der Waals surface area contributed by atoms with E-state index in [1.54, 1.807) is 30.9 Å². The molecule has 0 radical (unpaired) electrons. The molecule has 182 valence electrons. The molecule has 1 saturated heterocycles. The van der Waals surface area contributed by atoms with Gasteiger partial charge in [0.15, 0.2) is 0 Å². The number of aliphatic hydroxyl groups excluding tert-OH is 1. The Morgan fingerprint density at radius 2 is 1.86 bits per heavy atom. The molecule has 11 heteroatoms. The molecule has 3 aromatic heterocycles. The summed E-state index contributed by atoms with van der Waals surface area (Å²) in [5.41, 5.74) is 1.82. The smallest absolute Gasteiger partial charge is 0.261 e. The maximum absolute atomic E-state index is 14.3. The van der Waals surface area contributed by atoms with Crippen molar-refractivity contribution in [2.24, 2.45) is 7.05 Å². The third kappa shape index (κ3) is 4.23. The zero-order chi connectivity index (χ0) is 24.7. The minimum atomic E-state index is -0.608. The van der Waals surface area contributed by atoms with Crippen LogP contribution in [0, 0.1) is 11.6 Å². The Kier molecular flexibility index (Phi) is 5.93. The molecule has 0 unspecified atom stereocenters. The Balaban J connectivity index is 1.53. The van der Waals surface area contributed by atoms with E-state index < -0.39 is 17.7 Å². The first-order valence-corrected chi connectivity index (χ1v) is 11.3. The normalized spacial score (nSPS) is 15.1. The summed E-state index contributed by atoms with van der Waals surface area (Å²) in [6.45, 7) is 3.62. The van der Waals surface area contributed by atoms with Crippen molar-refractivity contribution in [3.63, 3.8) is 0 Å². The minimum Gasteiger partial charge on any atom is -0.394 e. The van der Waals surface area contributed by atoms with Gasteiger partial charge in [-0.3, -0.25) is 14.0 Å². The van der Waals surface area contributed by atoms with Crippen molar-refractivity contribution in [3.05, 3.63) is 65.0 Å². The molecule has 4 aromatic rings. The molecular weight excluding hydrogens is 456 g/mol. The highest BCUT2D eigenvalue weighted by molar-refractivity contribution is 5.92. The van der Waals surface area contributed by atoms with Gasteiger partial charge >= 0.3 is 0 Å². The summed E-state index contributed by atoms with van der Waals surface area (Å²) >= 11 is 0. The number of rotatable bonds is 5. The van der Waals surface area contributed by atoms with Crippen molar-refractivity contribution >= 4 is 22.4 Å². The number of piperazine rings is 1. The highest BCUT2D eigenvalue weighted by Crippen LogP contribution is 2.29. The highest BCUT2D eigenvalue weighted by atomic mass is 19.1. The van der Waals surface area contributed by atoms with E-state index in [2.05, 4.69) is 10.1 Å². The van der Waals surface area contributed by atoms with Gasteiger partial charge in [-0.25, -0.2) is 18.7 Å². The quantitative estimate of drug-likeness (QED) is 0.468. The molecule has 0 amide bonds. The van der Waals surface area contributed by atoms with Gasteiger partial charge in [0.1, 0.15) is 28.7 Å². The van der Waals surface area contributed by atoms with Crippen LogP contribution < -0.4 is 15.4 Å². The van der Waals surface area contributed by atoms with E-state index in [1.165, 1.54) is 23.0 Å². The van der Waals surface area contributed by atoms with E-state index in [0.717, 1.165) is 11.6 Å². The highest BCUT2D eigenvalue weighted by Gasteiger charge is 2.23. The molecule has 0 aliphatic carbocycles. The van der Waals surface area contributed by atoms with Crippen LogP contribution in [0.15, 0.2) is 47.8 Å². The predicted molar refractivity (Wildman–Crippen MR) is 129 cm³/mol. The van der Waals surface area contributed by atoms with Crippen molar-refractivity contribution in [3.8, 4) is 11.3 Å². The first-order valence-electron chi connectivity index (χ1n) is 11.3. The topological polar surface area (TPSA) is 92.3 Å². The third-order valence-corrected chi connectivity index (χ3v) is 6.33. The zero-order valence-electron chi connectivity index (χ0n) is 19.4. The summed E-state index contributed by atoms with van der Waals surface area (Å²) in [5, 5.41) is 14.2. The Morgan fingerprint density at radius 1 is 1.11 bits per heavy atom. The molecule has 1 fully saturated rings. The minimum absolute atomic E-state index is 0.192. The Morgan fingerprint density at radius 3 is 2.51 bits per heavy atom. The summed E-state index contributed by atoms with van der Waals surface area (Å²) in [5.74, 6) is -0.599. The van der Waals surface area contributed by atoms with Crippen LogP contribution in [0.25, 0.3) is 22.2 Å². The summed E-state index contributed by atoms with van der Waals surface area (Å²) in [7, 11) is 1.80. The largest absolute Gasteiger partial charge is 0.394 e. The van der Waals surface area contributed by atoms with Crippen LogP contribution in [0.5, 0.6) is 0 Å². The predicted octanol–water partition coefficient (Wildman–Crippen LogP) is 2.35. The maximum Gasteiger partial charge on any atom is 0.261 e. The lowest BCUT2D eigenvalue weighted by atomic mass is 10.1. The number of hydrogen-bond donors (Lipinski definition) is 1. The number of pyridine rings is 1. The molecule has 35 heavy (non-hydrogen) atoms. The van der Waals surface area contributed by atoms with E-state index in [9.17, 15) is 18.7 Å². The van der Waals surface area contributed by atoms with Crippen molar-refractivity contribution in [1.82, 2.24) is 24.3 Å². The third-order valence-electron chi connectivity index (χ3n) is 6.33. The molecule has 0 bridgehead atoms. The number of aryl methyl sites for hydroxylation is 1. The number of aliphatic hydroxyl groups is 1. The average molecular weight is 482 g/mol. The second kappa shape index (κ2) is 9.06. The lowest BCUT2D eigenvalue weighted by molar-refractivity contribution is 0.236. The van der Waals surface area contributed by atoms with Gasteiger partial charge in [0.05, 0.1) is 36.2 Å². The number of anilines is 2.